The number of ketones is 1. The van der Waals surface area contributed by atoms with Crippen molar-refractivity contribution in [2.75, 3.05) is 5.73 Å². The van der Waals surface area contributed by atoms with Gasteiger partial charge in [-0.3, -0.25) is 4.79 Å². The van der Waals surface area contributed by atoms with Crippen molar-refractivity contribution in [1.29, 1.82) is 0 Å². The maximum absolute atomic E-state index is 12.6. The van der Waals surface area contributed by atoms with Gasteiger partial charge in [-0.25, -0.2) is 4.68 Å². The maximum atomic E-state index is 12.6. The van der Waals surface area contributed by atoms with Gasteiger partial charge in [0.15, 0.2) is 0 Å². The average Bonchev–Trinajstić information content (AvgIpc) is 2.99. The fourth-order valence-corrected chi connectivity index (χ4v) is 2.25. The molecule has 1 heterocycles. The predicted octanol–water partition coefficient (Wildman–Crippen LogP) is 3.34. The molecule has 0 unspecified atom stereocenters. The van der Waals surface area contributed by atoms with Gasteiger partial charge in [0.05, 0.1) is 22.6 Å². The minimum Gasteiger partial charge on any atom is -0.398 e. The van der Waals surface area contributed by atoms with Crippen LogP contribution in [0, 0.1) is 0 Å². The molecule has 0 bridgehead atoms. The van der Waals surface area contributed by atoms with E-state index in [1.807, 2.05) is 30.3 Å². The topological polar surface area (TPSA) is 60.9 Å². The molecule has 0 radical (unpaired) electrons. The molecule has 4 nitrogen and oxygen atoms in total. The van der Waals surface area contributed by atoms with Crippen molar-refractivity contribution in [3.05, 3.63) is 77.1 Å². The lowest BCUT2D eigenvalue weighted by Crippen LogP contribution is -2.10. The summed E-state index contributed by atoms with van der Waals surface area (Å²) in [6, 6.07) is 16.0. The molecule has 0 fully saturated rings. The molecule has 0 aliphatic carbocycles. The number of aromatic nitrogens is 2. The van der Waals surface area contributed by atoms with Crippen molar-refractivity contribution in [3.63, 3.8) is 0 Å². The smallest absolute Gasteiger partial charge is 0.211 e. The summed E-state index contributed by atoms with van der Waals surface area (Å²) in [4.78, 5) is 12.6. The lowest BCUT2D eigenvalue weighted by atomic mass is 10.1. The van der Waals surface area contributed by atoms with E-state index in [0.29, 0.717) is 22.0 Å². The Labute approximate surface area is 126 Å². The molecular weight excluding hydrogens is 286 g/mol. The molecule has 3 rings (SSSR count). The van der Waals surface area contributed by atoms with Crippen LogP contribution in [0.4, 0.5) is 5.69 Å². The third-order valence-corrected chi connectivity index (χ3v) is 3.47. The molecule has 0 aliphatic rings. The third-order valence-electron chi connectivity index (χ3n) is 3.14. The second kappa shape index (κ2) is 5.42. The van der Waals surface area contributed by atoms with Gasteiger partial charge in [0.2, 0.25) is 5.78 Å². The number of nitrogen functional groups attached to an aromatic ring is 1. The van der Waals surface area contributed by atoms with Gasteiger partial charge in [-0.2, -0.15) is 5.10 Å². The standard InChI is InChI=1S/C16H12ClN3O/c17-13-10-11(6-7-14(13)18)16(21)15-8-9-19-20(15)12-4-2-1-3-5-12/h1-10H,18H2. The Balaban J connectivity index is 2.03. The first-order chi connectivity index (χ1) is 10.2. The average molecular weight is 298 g/mol. The van der Waals surface area contributed by atoms with Crippen molar-refractivity contribution in [2.45, 2.75) is 0 Å². The summed E-state index contributed by atoms with van der Waals surface area (Å²) in [5, 5.41) is 4.58. The van der Waals surface area contributed by atoms with Crippen molar-refractivity contribution in [2.24, 2.45) is 0 Å². The molecule has 2 aromatic carbocycles. The summed E-state index contributed by atoms with van der Waals surface area (Å²) in [7, 11) is 0. The van der Waals surface area contributed by atoms with Crippen LogP contribution in [-0.4, -0.2) is 15.6 Å². The molecule has 0 spiro atoms. The van der Waals surface area contributed by atoms with E-state index in [-0.39, 0.29) is 5.78 Å². The van der Waals surface area contributed by atoms with Gasteiger partial charge < -0.3 is 5.73 Å². The Kier molecular flexibility index (Phi) is 3.46. The predicted molar refractivity (Wildman–Crippen MR) is 82.9 cm³/mol. The van der Waals surface area contributed by atoms with Gasteiger partial charge in [0.1, 0.15) is 5.69 Å². The van der Waals surface area contributed by atoms with E-state index in [2.05, 4.69) is 5.10 Å². The van der Waals surface area contributed by atoms with Gasteiger partial charge in [-0.1, -0.05) is 29.8 Å². The van der Waals surface area contributed by atoms with Crippen LogP contribution in [0.2, 0.25) is 5.02 Å². The number of anilines is 1. The van der Waals surface area contributed by atoms with Crippen LogP contribution < -0.4 is 5.73 Å². The van der Waals surface area contributed by atoms with E-state index >= 15 is 0 Å². The molecule has 0 saturated heterocycles. The zero-order valence-electron chi connectivity index (χ0n) is 11.0. The second-order valence-electron chi connectivity index (χ2n) is 4.53. The lowest BCUT2D eigenvalue weighted by molar-refractivity contribution is 0.103. The first kappa shape index (κ1) is 13.4. The van der Waals surface area contributed by atoms with Crippen LogP contribution in [0.3, 0.4) is 0 Å². The van der Waals surface area contributed by atoms with Crippen LogP contribution in [0.15, 0.2) is 60.8 Å². The number of hydrogen-bond acceptors (Lipinski definition) is 3. The molecule has 104 valence electrons. The third kappa shape index (κ3) is 2.53. The monoisotopic (exact) mass is 297 g/mol. The molecule has 5 heteroatoms. The van der Waals surface area contributed by atoms with Crippen LogP contribution >= 0.6 is 11.6 Å². The fourth-order valence-electron chi connectivity index (χ4n) is 2.07. The molecular formula is C16H12ClN3O. The number of benzene rings is 2. The Bertz CT molecular complexity index is 796. The highest BCUT2D eigenvalue weighted by Crippen LogP contribution is 2.22. The molecule has 1 aromatic heterocycles. The quantitative estimate of drug-likeness (QED) is 0.596. The Morgan fingerprint density at radius 1 is 1.10 bits per heavy atom. The van der Waals surface area contributed by atoms with Gasteiger partial charge >= 0.3 is 0 Å². The number of nitrogens with two attached hydrogens (primary N) is 1. The van der Waals surface area contributed by atoms with E-state index in [4.69, 9.17) is 17.3 Å². The van der Waals surface area contributed by atoms with E-state index in [1.165, 1.54) is 0 Å². The van der Waals surface area contributed by atoms with Crippen LogP contribution in [0.5, 0.6) is 0 Å². The van der Waals surface area contributed by atoms with Crippen molar-refractivity contribution in [1.82, 2.24) is 9.78 Å². The number of rotatable bonds is 3. The molecule has 2 N–H and O–H groups in total. The Hall–Kier alpha value is -2.59. The van der Waals surface area contributed by atoms with Gasteiger partial charge in [-0.15, -0.1) is 0 Å². The summed E-state index contributed by atoms with van der Waals surface area (Å²) >= 11 is 5.98. The second-order valence-corrected chi connectivity index (χ2v) is 4.94. The SMILES string of the molecule is Nc1ccc(C(=O)c2ccnn2-c2ccccc2)cc1Cl. The Morgan fingerprint density at radius 3 is 2.57 bits per heavy atom. The summed E-state index contributed by atoms with van der Waals surface area (Å²) in [5.41, 5.74) is 7.90. The summed E-state index contributed by atoms with van der Waals surface area (Å²) in [6.07, 6.45) is 1.60. The largest absolute Gasteiger partial charge is 0.398 e. The highest BCUT2D eigenvalue weighted by atomic mass is 35.5. The Morgan fingerprint density at radius 2 is 1.86 bits per heavy atom. The summed E-state index contributed by atoms with van der Waals surface area (Å²) in [5.74, 6) is -0.154. The van der Waals surface area contributed by atoms with E-state index in [1.54, 1.807) is 35.1 Å². The van der Waals surface area contributed by atoms with Crippen molar-refractivity contribution >= 4 is 23.1 Å². The number of para-hydroxylation sites is 1. The first-order valence-electron chi connectivity index (χ1n) is 6.36. The highest BCUT2D eigenvalue weighted by molar-refractivity contribution is 6.33. The first-order valence-corrected chi connectivity index (χ1v) is 6.74. The van der Waals surface area contributed by atoms with Crippen molar-refractivity contribution in [3.8, 4) is 5.69 Å². The minimum atomic E-state index is -0.154. The fraction of sp³-hybridized carbons (Fsp3) is 0. The molecule has 3 aromatic rings. The van der Waals surface area contributed by atoms with E-state index < -0.39 is 0 Å². The molecule has 0 saturated carbocycles. The molecule has 0 aliphatic heterocycles. The highest BCUT2D eigenvalue weighted by Gasteiger charge is 2.16. The van der Waals surface area contributed by atoms with Crippen LogP contribution in [0.25, 0.3) is 5.69 Å². The lowest BCUT2D eigenvalue weighted by Gasteiger charge is -2.07. The number of carbonyl (C=O) groups excluding carboxylic acids is 1. The van der Waals surface area contributed by atoms with Crippen LogP contribution in [-0.2, 0) is 0 Å². The zero-order chi connectivity index (χ0) is 14.8. The summed E-state index contributed by atoms with van der Waals surface area (Å²) in [6.45, 7) is 0. The van der Waals surface area contributed by atoms with E-state index in [9.17, 15) is 4.79 Å². The van der Waals surface area contributed by atoms with Gasteiger partial charge in [-0.05, 0) is 36.4 Å². The normalized spacial score (nSPS) is 10.5. The van der Waals surface area contributed by atoms with Crippen LogP contribution in [0.1, 0.15) is 16.1 Å². The zero-order valence-corrected chi connectivity index (χ0v) is 11.8. The number of nitrogens with zero attached hydrogens (tertiary/aromatic N) is 2. The summed E-state index contributed by atoms with van der Waals surface area (Å²) < 4.78 is 1.60. The van der Waals surface area contributed by atoms with Crippen molar-refractivity contribution < 1.29 is 4.79 Å². The number of hydrogen-bond donors (Lipinski definition) is 1. The van der Waals surface area contributed by atoms with Gasteiger partial charge in [0, 0.05) is 5.56 Å². The minimum absolute atomic E-state index is 0.154. The number of halogens is 1. The van der Waals surface area contributed by atoms with Gasteiger partial charge in [0.25, 0.3) is 0 Å². The van der Waals surface area contributed by atoms with E-state index in [0.717, 1.165) is 5.69 Å². The maximum Gasteiger partial charge on any atom is 0.211 e. The molecule has 0 atom stereocenters. The molecule has 21 heavy (non-hydrogen) atoms. The number of carbonyl (C=O) groups is 1. The molecule has 0 amide bonds.